The fourth-order valence-corrected chi connectivity index (χ4v) is 3.05. The van der Waals surface area contributed by atoms with Crippen LogP contribution in [0.3, 0.4) is 0 Å². The van der Waals surface area contributed by atoms with Crippen LogP contribution in [0.4, 0.5) is 0 Å². The Morgan fingerprint density at radius 2 is 2.25 bits per heavy atom. The Morgan fingerprint density at radius 3 is 3.00 bits per heavy atom. The number of thiazole rings is 1. The molecule has 0 radical (unpaired) electrons. The summed E-state index contributed by atoms with van der Waals surface area (Å²) in [6.45, 7) is 1.88. The largest absolute Gasteiger partial charge is 0.458 e. The minimum Gasteiger partial charge on any atom is -0.458 e. The van der Waals surface area contributed by atoms with E-state index in [1.807, 2.05) is 18.4 Å². The van der Waals surface area contributed by atoms with Gasteiger partial charge >= 0.3 is 11.6 Å². The van der Waals surface area contributed by atoms with E-state index in [1.54, 1.807) is 18.2 Å². The summed E-state index contributed by atoms with van der Waals surface area (Å²) in [5.41, 5.74) is 1.27. The van der Waals surface area contributed by atoms with Gasteiger partial charge in [0.15, 0.2) is 0 Å². The van der Waals surface area contributed by atoms with Gasteiger partial charge in [0.2, 0.25) is 0 Å². The van der Waals surface area contributed by atoms with Crippen LogP contribution in [-0.2, 0) is 16.1 Å². The first-order valence-electron chi connectivity index (χ1n) is 7.00. The molecule has 0 bridgehead atoms. The van der Waals surface area contributed by atoms with E-state index in [2.05, 4.69) is 20.9 Å². The van der Waals surface area contributed by atoms with Crippen molar-refractivity contribution >= 4 is 50.3 Å². The molecule has 3 rings (SSSR count). The molecule has 5 nitrogen and oxygen atoms in total. The first kappa shape index (κ1) is 16.6. The quantitative estimate of drug-likeness (QED) is 0.371. The van der Waals surface area contributed by atoms with Gasteiger partial charge in [0.05, 0.1) is 10.7 Å². The van der Waals surface area contributed by atoms with Crippen LogP contribution in [-0.4, -0.2) is 11.0 Å². The maximum Gasteiger partial charge on any atom is 0.336 e. The first-order chi connectivity index (χ1) is 11.5. The Morgan fingerprint density at radius 1 is 1.42 bits per heavy atom. The standard InChI is InChI=1S/C17H12BrNO4S/c1-10-19-13(9-24-10)3-5-16(20)22-8-11-6-17(21)23-15-7-12(18)2-4-14(11)15/h2-7,9H,8H2,1H3/b5-3+. The molecular weight excluding hydrogens is 394 g/mol. The van der Waals surface area contributed by atoms with Gasteiger partial charge in [0, 0.05) is 32.9 Å². The average Bonchev–Trinajstić information content (AvgIpc) is 2.95. The summed E-state index contributed by atoms with van der Waals surface area (Å²) in [6, 6.07) is 6.67. The third kappa shape index (κ3) is 3.98. The van der Waals surface area contributed by atoms with Gasteiger partial charge in [-0.05, 0) is 31.2 Å². The molecular formula is C17H12BrNO4S. The molecule has 0 amide bonds. The van der Waals surface area contributed by atoms with Crippen molar-refractivity contribution in [2.45, 2.75) is 13.5 Å². The van der Waals surface area contributed by atoms with Gasteiger partial charge in [-0.25, -0.2) is 14.6 Å². The van der Waals surface area contributed by atoms with Crippen molar-refractivity contribution in [3.05, 3.63) is 66.9 Å². The van der Waals surface area contributed by atoms with Gasteiger partial charge in [-0.1, -0.05) is 15.9 Å². The normalized spacial score (nSPS) is 11.2. The molecule has 1 aromatic carbocycles. The third-order valence-electron chi connectivity index (χ3n) is 3.19. The third-order valence-corrected chi connectivity index (χ3v) is 4.47. The first-order valence-corrected chi connectivity index (χ1v) is 8.68. The van der Waals surface area contributed by atoms with E-state index in [0.717, 1.165) is 14.9 Å². The summed E-state index contributed by atoms with van der Waals surface area (Å²) in [5.74, 6) is -0.501. The molecule has 24 heavy (non-hydrogen) atoms. The number of rotatable bonds is 4. The summed E-state index contributed by atoms with van der Waals surface area (Å²) in [4.78, 5) is 27.7. The Hall–Kier alpha value is -2.25. The number of esters is 1. The minimum atomic E-state index is -0.501. The molecule has 0 saturated heterocycles. The van der Waals surface area contributed by atoms with Crippen molar-refractivity contribution in [3.8, 4) is 0 Å². The van der Waals surface area contributed by atoms with Crippen molar-refractivity contribution in [1.82, 2.24) is 4.98 Å². The van der Waals surface area contributed by atoms with Crippen LogP contribution in [0.15, 0.2) is 49.4 Å². The van der Waals surface area contributed by atoms with Crippen LogP contribution in [0.5, 0.6) is 0 Å². The Kier molecular flexibility index (Phi) is 4.92. The van der Waals surface area contributed by atoms with Crippen LogP contribution >= 0.6 is 27.3 Å². The molecule has 0 N–H and O–H groups in total. The van der Waals surface area contributed by atoms with E-state index in [9.17, 15) is 9.59 Å². The lowest BCUT2D eigenvalue weighted by Gasteiger charge is -2.06. The summed E-state index contributed by atoms with van der Waals surface area (Å²) < 4.78 is 11.2. The fraction of sp³-hybridized carbons (Fsp3) is 0.118. The zero-order valence-electron chi connectivity index (χ0n) is 12.6. The van der Waals surface area contributed by atoms with E-state index in [0.29, 0.717) is 16.8 Å². The molecule has 0 spiro atoms. The van der Waals surface area contributed by atoms with Crippen molar-refractivity contribution in [2.24, 2.45) is 0 Å². The highest BCUT2D eigenvalue weighted by Crippen LogP contribution is 2.22. The smallest absolute Gasteiger partial charge is 0.336 e. The molecule has 0 saturated carbocycles. The lowest BCUT2D eigenvalue weighted by atomic mass is 10.1. The summed E-state index contributed by atoms with van der Waals surface area (Å²) in [6.07, 6.45) is 2.92. The number of fused-ring (bicyclic) bond motifs is 1. The van der Waals surface area contributed by atoms with Gasteiger partial charge in [-0.3, -0.25) is 0 Å². The Balaban J connectivity index is 1.74. The van der Waals surface area contributed by atoms with E-state index in [4.69, 9.17) is 9.15 Å². The summed E-state index contributed by atoms with van der Waals surface area (Å²) >= 11 is 4.83. The molecule has 0 unspecified atom stereocenters. The number of carbonyl (C=O) groups is 1. The minimum absolute atomic E-state index is 0.0109. The number of aryl methyl sites for hydroxylation is 1. The molecule has 0 aliphatic carbocycles. The van der Waals surface area contributed by atoms with Gasteiger partial charge < -0.3 is 9.15 Å². The SMILES string of the molecule is Cc1nc(/C=C/C(=O)OCc2cc(=O)oc3cc(Br)ccc23)cs1. The number of carbonyl (C=O) groups excluding carboxylic acids is 1. The van der Waals surface area contributed by atoms with Crippen LogP contribution in [0.2, 0.25) is 0 Å². The predicted molar refractivity (Wildman–Crippen MR) is 95.9 cm³/mol. The topological polar surface area (TPSA) is 69.4 Å². The molecule has 2 heterocycles. The number of ether oxygens (including phenoxy) is 1. The average molecular weight is 406 g/mol. The van der Waals surface area contributed by atoms with E-state index < -0.39 is 11.6 Å². The maximum absolute atomic E-state index is 11.8. The van der Waals surface area contributed by atoms with Crippen LogP contribution in [0.25, 0.3) is 17.0 Å². The molecule has 2 aromatic heterocycles. The van der Waals surface area contributed by atoms with Gasteiger partial charge in [-0.15, -0.1) is 11.3 Å². The zero-order valence-corrected chi connectivity index (χ0v) is 15.0. The number of nitrogens with zero attached hydrogens (tertiary/aromatic N) is 1. The van der Waals surface area contributed by atoms with Crippen molar-refractivity contribution in [2.75, 3.05) is 0 Å². The molecule has 7 heteroatoms. The van der Waals surface area contributed by atoms with Crippen molar-refractivity contribution in [1.29, 1.82) is 0 Å². The summed E-state index contributed by atoms with van der Waals surface area (Å²) in [5, 5.41) is 3.51. The van der Waals surface area contributed by atoms with Gasteiger partial charge in [0.25, 0.3) is 0 Å². The highest BCUT2D eigenvalue weighted by molar-refractivity contribution is 9.10. The van der Waals surface area contributed by atoms with E-state index in [-0.39, 0.29) is 6.61 Å². The highest BCUT2D eigenvalue weighted by atomic mass is 79.9. The highest BCUT2D eigenvalue weighted by Gasteiger charge is 2.08. The number of halogens is 1. The van der Waals surface area contributed by atoms with Crippen molar-refractivity contribution < 1.29 is 13.9 Å². The van der Waals surface area contributed by atoms with Crippen LogP contribution < -0.4 is 5.63 Å². The lowest BCUT2D eigenvalue weighted by molar-refractivity contribution is -0.138. The molecule has 3 aromatic rings. The number of aromatic nitrogens is 1. The van der Waals surface area contributed by atoms with Crippen molar-refractivity contribution in [3.63, 3.8) is 0 Å². The fourth-order valence-electron chi connectivity index (χ4n) is 2.13. The Labute approximate surface area is 149 Å². The monoisotopic (exact) mass is 405 g/mol. The van der Waals surface area contributed by atoms with E-state index >= 15 is 0 Å². The number of hydrogen-bond donors (Lipinski definition) is 0. The van der Waals surface area contributed by atoms with Gasteiger partial charge in [-0.2, -0.15) is 0 Å². The number of hydrogen-bond acceptors (Lipinski definition) is 6. The predicted octanol–water partition coefficient (Wildman–Crippen LogP) is 4.08. The zero-order chi connectivity index (χ0) is 17.1. The second kappa shape index (κ2) is 7.11. The summed E-state index contributed by atoms with van der Waals surface area (Å²) in [7, 11) is 0. The molecule has 0 aliphatic heterocycles. The number of benzene rings is 1. The molecule has 122 valence electrons. The molecule has 0 aliphatic rings. The van der Waals surface area contributed by atoms with Crippen LogP contribution in [0.1, 0.15) is 16.3 Å². The maximum atomic E-state index is 11.8. The molecule has 0 atom stereocenters. The molecule has 0 fully saturated rings. The second-order valence-corrected chi connectivity index (χ2v) is 6.94. The lowest BCUT2D eigenvalue weighted by Crippen LogP contribution is -2.05. The second-order valence-electron chi connectivity index (χ2n) is 4.96. The van der Waals surface area contributed by atoms with E-state index in [1.165, 1.54) is 23.5 Å². The van der Waals surface area contributed by atoms with Gasteiger partial charge in [0.1, 0.15) is 12.2 Å². The Bertz CT molecular complexity index is 990. The van der Waals surface area contributed by atoms with Crippen LogP contribution in [0, 0.1) is 6.92 Å².